The van der Waals surface area contributed by atoms with Gasteiger partial charge in [0.25, 0.3) is 0 Å². The van der Waals surface area contributed by atoms with Gasteiger partial charge in [-0.05, 0) is 30.3 Å². The third-order valence-electron chi connectivity index (χ3n) is 2.96. The van der Waals surface area contributed by atoms with Crippen molar-refractivity contribution >= 4 is 23.6 Å². The lowest BCUT2D eigenvalue weighted by molar-refractivity contribution is -0.132. The molecule has 2 rings (SSSR count). The molecule has 2 aromatic rings. The van der Waals surface area contributed by atoms with Crippen LogP contribution >= 0.6 is 11.6 Å². The fourth-order valence-electron chi connectivity index (χ4n) is 1.83. The van der Waals surface area contributed by atoms with E-state index in [4.69, 9.17) is 26.7 Å². The van der Waals surface area contributed by atoms with Crippen molar-refractivity contribution in [2.75, 3.05) is 0 Å². The number of rotatable bonds is 5. The molecule has 0 aromatic heterocycles. The maximum Gasteiger partial charge on any atom is 0.346 e. The van der Waals surface area contributed by atoms with Crippen LogP contribution in [-0.2, 0) is 11.4 Å². The third-order valence-corrected chi connectivity index (χ3v) is 3.20. The summed E-state index contributed by atoms with van der Waals surface area (Å²) in [5.74, 6) is -1.46. The van der Waals surface area contributed by atoms with Crippen molar-refractivity contribution in [2.24, 2.45) is 0 Å². The van der Waals surface area contributed by atoms with Gasteiger partial charge in [-0.3, -0.25) is 0 Å². The molecule has 0 unspecified atom stereocenters. The van der Waals surface area contributed by atoms with Gasteiger partial charge in [0.1, 0.15) is 29.8 Å². The second-order valence-electron chi connectivity index (χ2n) is 4.54. The number of nitriles is 1. The van der Waals surface area contributed by atoms with Gasteiger partial charge in [0.2, 0.25) is 0 Å². The van der Waals surface area contributed by atoms with E-state index in [0.29, 0.717) is 21.9 Å². The van der Waals surface area contributed by atoms with Crippen molar-refractivity contribution in [1.82, 2.24) is 0 Å². The Kier molecular flexibility index (Phi) is 5.34. The highest BCUT2D eigenvalue weighted by molar-refractivity contribution is 6.30. The Hall–Kier alpha value is -2.84. The zero-order valence-corrected chi connectivity index (χ0v) is 12.5. The molecule has 0 fully saturated rings. The molecule has 1 N–H and O–H groups in total. The topological polar surface area (TPSA) is 70.3 Å². The summed E-state index contributed by atoms with van der Waals surface area (Å²) < 4.78 is 19.1. The van der Waals surface area contributed by atoms with Gasteiger partial charge >= 0.3 is 5.97 Å². The number of aliphatic carboxylic acids is 1. The Morgan fingerprint density at radius 2 is 2.09 bits per heavy atom. The van der Waals surface area contributed by atoms with Gasteiger partial charge in [0, 0.05) is 16.1 Å². The van der Waals surface area contributed by atoms with Gasteiger partial charge in [-0.15, -0.1) is 0 Å². The van der Waals surface area contributed by atoms with Crippen LogP contribution in [0.5, 0.6) is 5.75 Å². The van der Waals surface area contributed by atoms with Crippen LogP contribution in [0.1, 0.15) is 11.1 Å². The van der Waals surface area contributed by atoms with Crippen molar-refractivity contribution in [1.29, 1.82) is 5.26 Å². The molecule has 0 bridgehead atoms. The molecule has 0 spiro atoms. The van der Waals surface area contributed by atoms with E-state index in [9.17, 15) is 9.18 Å². The molecule has 6 heteroatoms. The standard InChI is InChI=1S/C17H11ClFNO3/c18-14-5-6-16(12(8-14)7-13(9-20)17(21)22)23-10-11-3-1-2-4-15(11)19/h1-8H,10H2,(H,21,22). The summed E-state index contributed by atoms with van der Waals surface area (Å²) in [7, 11) is 0. The van der Waals surface area contributed by atoms with E-state index >= 15 is 0 Å². The first-order chi connectivity index (χ1) is 11.0. The van der Waals surface area contributed by atoms with Crippen molar-refractivity contribution in [3.05, 3.63) is 70.0 Å². The number of hydrogen-bond acceptors (Lipinski definition) is 3. The largest absolute Gasteiger partial charge is 0.488 e. The van der Waals surface area contributed by atoms with E-state index in [2.05, 4.69) is 0 Å². The molecule has 0 saturated carbocycles. The van der Waals surface area contributed by atoms with Crippen LogP contribution in [0.3, 0.4) is 0 Å². The fraction of sp³-hybridized carbons (Fsp3) is 0.0588. The molecule has 0 aliphatic carbocycles. The lowest BCUT2D eigenvalue weighted by Crippen LogP contribution is -2.01. The van der Waals surface area contributed by atoms with Crippen LogP contribution in [0.2, 0.25) is 5.02 Å². The number of carboxylic acids is 1. The maximum atomic E-state index is 13.6. The minimum atomic E-state index is -1.35. The molecule has 116 valence electrons. The van der Waals surface area contributed by atoms with E-state index in [1.807, 2.05) is 0 Å². The van der Waals surface area contributed by atoms with E-state index in [0.717, 1.165) is 6.08 Å². The van der Waals surface area contributed by atoms with Crippen molar-refractivity contribution in [3.63, 3.8) is 0 Å². The molecule has 2 aromatic carbocycles. The molecular formula is C17H11ClFNO3. The summed E-state index contributed by atoms with van der Waals surface area (Å²) in [5, 5.41) is 18.1. The van der Waals surface area contributed by atoms with Crippen LogP contribution in [0.15, 0.2) is 48.0 Å². The lowest BCUT2D eigenvalue weighted by Gasteiger charge is -2.10. The van der Waals surface area contributed by atoms with E-state index in [1.54, 1.807) is 30.3 Å². The Morgan fingerprint density at radius 1 is 1.35 bits per heavy atom. The molecule has 4 nitrogen and oxygen atoms in total. The smallest absolute Gasteiger partial charge is 0.346 e. The van der Waals surface area contributed by atoms with Crippen LogP contribution < -0.4 is 4.74 Å². The molecule has 0 radical (unpaired) electrons. The van der Waals surface area contributed by atoms with E-state index in [-0.39, 0.29) is 6.61 Å². The van der Waals surface area contributed by atoms with Crippen LogP contribution in [0, 0.1) is 17.1 Å². The number of hydrogen-bond donors (Lipinski definition) is 1. The summed E-state index contributed by atoms with van der Waals surface area (Å²) in [5.41, 5.74) is 0.229. The van der Waals surface area contributed by atoms with Crippen molar-refractivity contribution in [3.8, 4) is 11.8 Å². The highest BCUT2D eigenvalue weighted by atomic mass is 35.5. The number of ether oxygens (including phenoxy) is 1. The normalized spacial score (nSPS) is 10.9. The average Bonchev–Trinajstić information content (AvgIpc) is 2.52. The Bertz CT molecular complexity index is 812. The van der Waals surface area contributed by atoms with Crippen LogP contribution in [0.4, 0.5) is 4.39 Å². The zero-order chi connectivity index (χ0) is 16.8. The highest BCUT2D eigenvalue weighted by Gasteiger charge is 2.10. The SMILES string of the molecule is N#CC(=Cc1cc(Cl)ccc1OCc1ccccc1F)C(=O)O. The molecule has 0 aliphatic heterocycles. The summed E-state index contributed by atoms with van der Waals surface area (Å²) in [6.07, 6.45) is 1.16. The number of benzene rings is 2. The molecule has 0 amide bonds. The van der Waals surface area contributed by atoms with E-state index in [1.165, 1.54) is 18.2 Å². The minimum Gasteiger partial charge on any atom is -0.488 e. The Labute approximate surface area is 137 Å². The summed E-state index contributed by atoms with van der Waals surface area (Å²) in [6, 6.07) is 12.3. The van der Waals surface area contributed by atoms with Gasteiger partial charge < -0.3 is 9.84 Å². The molecule has 0 aliphatic rings. The number of carboxylic acid groups (broad SMARTS) is 1. The number of halogens is 2. The van der Waals surface area contributed by atoms with Crippen molar-refractivity contribution < 1.29 is 19.0 Å². The molecule has 23 heavy (non-hydrogen) atoms. The second kappa shape index (κ2) is 7.43. The first-order valence-corrected chi connectivity index (χ1v) is 6.90. The van der Waals surface area contributed by atoms with Gasteiger partial charge in [0.05, 0.1) is 0 Å². The molecule has 0 saturated heterocycles. The van der Waals surface area contributed by atoms with Crippen molar-refractivity contribution in [2.45, 2.75) is 6.61 Å². The minimum absolute atomic E-state index is 0.0376. The van der Waals surface area contributed by atoms with Crippen LogP contribution in [-0.4, -0.2) is 11.1 Å². The maximum absolute atomic E-state index is 13.6. The summed E-state index contributed by atoms with van der Waals surface area (Å²) in [4.78, 5) is 10.9. The monoisotopic (exact) mass is 331 g/mol. The fourth-order valence-corrected chi connectivity index (χ4v) is 2.01. The molecule has 0 atom stereocenters. The van der Waals surface area contributed by atoms with Gasteiger partial charge in [-0.25, -0.2) is 9.18 Å². The quantitative estimate of drug-likeness (QED) is 0.662. The number of nitrogens with zero attached hydrogens (tertiary/aromatic N) is 1. The first kappa shape index (κ1) is 16.5. The van der Waals surface area contributed by atoms with Crippen LogP contribution in [0.25, 0.3) is 6.08 Å². The Balaban J connectivity index is 2.31. The first-order valence-electron chi connectivity index (χ1n) is 6.52. The predicted octanol–water partition coefficient (Wildman–Crippen LogP) is 4.05. The number of carbonyl (C=O) groups is 1. The second-order valence-corrected chi connectivity index (χ2v) is 4.97. The Morgan fingerprint density at radius 3 is 2.74 bits per heavy atom. The average molecular weight is 332 g/mol. The molecular weight excluding hydrogens is 321 g/mol. The van der Waals surface area contributed by atoms with Gasteiger partial charge in [-0.2, -0.15) is 5.26 Å². The van der Waals surface area contributed by atoms with E-state index < -0.39 is 17.4 Å². The zero-order valence-electron chi connectivity index (χ0n) is 11.8. The van der Waals surface area contributed by atoms with Gasteiger partial charge in [0.15, 0.2) is 0 Å². The predicted molar refractivity (Wildman–Crippen MR) is 83.4 cm³/mol. The summed E-state index contributed by atoms with van der Waals surface area (Å²) in [6.45, 7) is -0.0376. The highest BCUT2D eigenvalue weighted by Crippen LogP contribution is 2.26. The van der Waals surface area contributed by atoms with Gasteiger partial charge in [-0.1, -0.05) is 29.8 Å². The summed E-state index contributed by atoms with van der Waals surface area (Å²) >= 11 is 5.89. The third kappa shape index (κ3) is 4.31. The molecule has 0 heterocycles. The lowest BCUT2D eigenvalue weighted by atomic mass is 10.1.